The third kappa shape index (κ3) is 5.79. The Hall–Kier alpha value is -1.27. The molecule has 1 rings (SSSR count). The molecule has 0 aromatic heterocycles. The van der Waals surface area contributed by atoms with Gasteiger partial charge in [-0.1, -0.05) is 29.8 Å². The highest BCUT2D eigenvalue weighted by atomic mass is 35.5. The number of rotatable bonds is 7. The van der Waals surface area contributed by atoms with Gasteiger partial charge in [-0.15, -0.1) is 0 Å². The van der Waals surface area contributed by atoms with E-state index in [2.05, 4.69) is 4.74 Å². The minimum atomic E-state index is -4.37. The number of aliphatic carboxylic acids is 1. The van der Waals surface area contributed by atoms with E-state index in [0.29, 0.717) is 10.6 Å². The standard InChI is InChI=1S/C13H14ClF3O3/c14-11-6-2-1-4-9(11)10(12(18)19)5-3-7-20-8-13(15,16)17/h1-2,4,6,10H,3,5,7-8H2,(H,18,19). The molecule has 0 saturated heterocycles. The van der Waals surface area contributed by atoms with E-state index in [4.69, 9.17) is 16.7 Å². The van der Waals surface area contributed by atoms with Crippen molar-refractivity contribution in [2.45, 2.75) is 24.9 Å². The summed E-state index contributed by atoms with van der Waals surface area (Å²) in [6.07, 6.45) is -4.00. The largest absolute Gasteiger partial charge is 0.481 e. The van der Waals surface area contributed by atoms with Crippen LogP contribution < -0.4 is 0 Å². The van der Waals surface area contributed by atoms with Gasteiger partial charge in [0, 0.05) is 11.6 Å². The number of carboxylic acid groups (broad SMARTS) is 1. The number of alkyl halides is 3. The minimum Gasteiger partial charge on any atom is -0.481 e. The molecule has 0 radical (unpaired) electrons. The van der Waals surface area contributed by atoms with Crippen LogP contribution in [0.2, 0.25) is 5.02 Å². The van der Waals surface area contributed by atoms with Crippen molar-refractivity contribution in [3.05, 3.63) is 34.9 Å². The maximum Gasteiger partial charge on any atom is 0.411 e. The van der Waals surface area contributed by atoms with Crippen LogP contribution in [0.5, 0.6) is 0 Å². The van der Waals surface area contributed by atoms with Crippen molar-refractivity contribution in [1.82, 2.24) is 0 Å². The first-order chi connectivity index (χ1) is 9.31. The molecule has 1 N–H and O–H groups in total. The van der Waals surface area contributed by atoms with E-state index in [-0.39, 0.29) is 19.4 Å². The van der Waals surface area contributed by atoms with Crippen molar-refractivity contribution >= 4 is 17.6 Å². The highest BCUT2D eigenvalue weighted by Crippen LogP contribution is 2.28. The molecule has 0 amide bonds. The van der Waals surface area contributed by atoms with Crippen LogP contribution in [0.3, 0.4) is 0 Å². The smallest absolute Gasteiger partial charge is 0.411 e. The molecule has 3 nitrogen and oxygen atoms in total. The van der Waals surface area contributed by atoms with Gasteiger partial charge in [-0.05, 0) is 24.5 Å². The van der Waals surface area contributed by atoms with Crippen molar-refractivity contribution in [2.24, 2.45) is 0 Å². The SMILES string of the molecule is O=C(O)C(CCCOCC(F)(F)F)c1ccccc1Cl. The normalized spacial score (nSPS) is 13.2. The third-order valence-corrected chi connectivity index (χ3v) is 2.97. The predicted octanol–water partition coefficient (Wildman–Crippen LogP) is 3.87. The molecule has 0 spiro atoms. The number of ether oxygens (including phenoxy) is 1. The Morgan fingerprint density at radius 3 is 2.55 bits per heavy atom. The number of carboxylic acids is 1. The molecule has 1 aromatic rings. The van der Waals surface area contributed by atoms with Crippen LogP contribution in [0.4, 0.5) is 13.2 Å². The summed E-state index contributed by atoms with van der Waals surface area (Å²) in [7, 11) is 0. The number of carbonyl (C=O) groups is 1. The molecule has 0 aliphatic heterocycles. The summed E-state index contributed by atoms with van der Waals surface area (Å²) in [5.74, 6) is -1.91. The molecule has 1 atom stereocenters. The summed E-state index contributed by atoms with van der Waals surface area (Å²) in [5.41, 5.74) is 0.456. The zero-order chi connectivity index (χ0) is 15.2. The van der Waals surface area contributed by atoms with Gasteiger partial charge >= 0.3 is 12.1 Å². The summed E-state index contributed by atoms with van der Waals surface area (Å²) in [5, 5.41) is 9.49. The lowest BCUT2D eigenvalue weighted by atomic mass is 9.94. The van der Waals surface area contributed by atoms with Crippen molar-refractivity contribution in [3.8, 4) is 0 Å². The lowest BCUT2D eigenvalue weighted by molar-refractivity contribution is -0.174. The van der Waals surface area contributed by atoms with E-state index in [0.717, 1.165) is 0 Å². The van der Waals surface area contributed by atoms with E-state index in [9.17, 15) is 18.0 Å². The molecule has 0 heterocycles. The second kappa shape index (κ2) is 7.50. The summed E-state index contributed by atoms with van der Waals surface area (Å²) in [6.45, 7) is -1.47. The molecule has 0 fully saturated rings. The quantitative estimate of drug-likeness (QED) is 0.778. The molecule has 20 heavy (non-hydrogen) atoms. The van der Waals surface area contributed by atoms with Gasteiger partial charge in [-0.3, -0.25) is 4.79 Å². The van der Waals surface area contributed by atoms with Gasteiger partial charge in [0.15, 0.2) is 0 Å². The molecule has 1 aromatic carbocycles. The first kappa shape index (κ1) is 16.8. The number of halogens is 4. The molecule has 0 aliphatic rings. The van der Waals surface area contributed by atoms with Crippen LogP contribution in [0.15, 0.2) is 24.3 Å². The fraction of sp³-hybridized carbons (Fsp3) is 0.462. The van der Waals surface area contributed by atoms with Crippen LogP contribution >= 0.6 is 11.6 Å². The van der Waals surface area contributed by atoms with Crippen LogP contribution in [-0.2, 0) is 9.53 Å². The fourth-order valence-corrected chi connectivity index (χ4v) is 2.01. The third-order valence-electron chi connectivity index (χ3n) is 2.63. The Labute approximate surface area is 119 Å². The second-order valence-corrected chi connectivity index (χ2v) is 4.63. The van der Waals surface area contributed by atoms with Gasteiger partial charge in [0.2, 0.25) is 0 Å². The molecular weight excluding hydrogens is 297 g/mol. The number of hydrogen-bond donors (Lipinski definition) is 1. The Bertz CT molecular complexity index is 449. The summed E-state index contributed by atoms with van der Waals surface area (Å²) in [4.78, 5) is 11.2. The van der Waals surface area contributed by atoms with Gasteiger partial charge in [-0.2, -0.15) is 13.2 Å². The van der Waals surface area contributed by atoms with Gasteiger partial charge in [0.1, 0.15) is 6.61 Å². The van der Waals surface area contributed by atoms with E-state index in [1.165, 1.54) is 0 Å². The van der Waals surface area contributed by atoms with E-state index in [1.54, 1.807) is 24.3 Å². The first-order valence-corrected chi connectivity index (χ1v) is 6.31. The maximum atomic E-state index is 11.9. The minimum absolute atomic E-state index is 0.145. The Balaban J connectivity index is 2.50. The zero-order valence-corrected chi connectivity index (χ0v) is 11.2. The molecule has 0 saturated carbocycles. The van der Waals surface area contributed by atoms with E-state index in [1.807, 2.05) is 0 Å². The predicted molar refractivity (Wildman–Crippen MR) is 67.9 cm³/mol. The fourth-order valence-electron chi connectivity index (χ4n) is 1.75. The molecular formula is C13H14ClF3O3. The van der Waals surface area contributed by atoms with Gasteiger partial charge in [0.05, 0.1) is 5.92 Å². The average Bonchev–Trinajstić information content (AvgIpc) is 2.33. The molecule has 1 unspecified atom stereocenters. The topological polar surface area (TPSA) is 46.5 Å². The zero-order valence-electron chi connectivity index (χ0n) is 10.5. The first-order valence-electron chi connectivity index (χ1n) is 5.93. The van der Waals surface area contributed by atoms with Crippen LogP contribution in [0.1, 0.15) is 24.3 Å². The highest BCUT2D eigenvalue weighted by Gasteiger charge is 2.27. The van der Waals surface area contributed by atoms with Crippen molar-refractivity contribution in [2.75, 3.05) is 13.2 Å². The lowest BCUT2D eigenvalue weighted by Gasteiger charge is -2.14. The Morgan fingerprint density at radius 2 is 2.00 bits per heavy atom. The second-order valence-electron chi connectivity index (χ2n) is 4.22. The van der Waals surface area contributed by atoms with Crippen molar-refractivity contribution in [3.63, 3.8) is 0 Å². The van der Waals surface area contributed by atoms with Crippen LogP contribution in [-0.4, -0.2) is 30.5 Å². The Morgan fingerprint density at radius 1 is 1.35 bits per heavy atom. The molecule has 112 valence electrons. The van der Waals surface area contributed by atoms with Gasteiger partial charge < -0.3 is 9.84 Å². The molecule has 7 heteroatoms. The van der Waals surface area contributed by atoms with Gasteiger partial charge in [0.25, 0.3) is 0 Å². The van der Waals surface area contributed by atoms with Crippen LogP contribution in [0.25, 0.3) is 0 Å². The number of hydrogen-bond acceptors (Lipinski definition) is 2. The molecule has 0 aliphatic carbocycles. The summed E-state index contributed by atoms with van der Waals surface area (Å²) >= 11 is 5.92. The maximum absolute atomic E-state index is 11.9. The van der Waals surface area contributed by atoms with Crippen molar-refractivity contribution in [1.29, 1.82) is 0 Å². The monoisotopic (exact) mass is 310 g/mol. The molecule has 0 bridgehead atoms. The summed E-state index contributed by atoms with van der Waals surface area (Å²) in [6, 6.07) is 6.51. The Kier molecular flexibility index (Phi) is 6.29. The van der Waals surface area contributed by atoms with E-state index < -0.39 is 24.7 Å². The number of benzene rings is 1. The van der Waals surface area contributed by atoms with Gasteiger partial charge in [-0.25, -0.2) is 0 Å². The highest BCUT2D eigenvalue weighted by molar-refractivity contribution is 6.31. The van der Waals surface area contributed by atoms with E-state index >= 15 is 0 Å². The lowest BCUT2D eigenvalue weighted by Crippen LogP contribution is -2.18. The average molecular weight is 311 g/mol. The van der Waals surface area contributed by atoms with Crippen molar-refractivity contribution < 1.29 is 27.8 Å². The summed E-state index contributed by atoms with van der Waals surface area (Å²) < 4.78 is 40.0. The van der Waals surface area contributed by atoms with Crippen LogP contribution in [0, 0.1) is 0 Å².